The van der Waals surface area contributed by atoms with E-state index in [1.807, 2.05) is 45.0 Å². The highest BCUT2D eigenvalue weighted by molar-refractivity contribution is 6.23. The van der Waals surface area contributed by atoms with Crippen LogP contribution in [0.5, 0.6) is 0 Å². The number of hydrogen-bond donors (Lipinski definition) is 1. The fraction of sp³-hybridized carbons (Fsp3) is 0.318. The maximum atomic E-state index is 13.1. The number of fused-ring (bicyclic) bond motifs is 1. The molecule has 1 heterocycles. The highest BCUT2D eigenvalue weighted by Crippen LogP contribution is 2.28. The zero-order valence-corrected chi connectivity index (χ0v) is 15.9. The number of carbonyl (C=O) groups is 3. The minimum atomic E-state index is -0.845. The van der Waals surface area contributed by atoms with Gasteiger partial charge in [0.05, 0.1) is 11.1 Å². The molecule has 3 amide bonds. The Morgan fingerprint density at radius 2 is 1.52 bits per heavy atom. The van der Waals surface area contributed by atoms with Crippen LogP contribution >= 0.6 is 0 Å². The van der Waals surface area contributed by atoms with E-state index in [1.165, 1.54) is 0 Å². The number of aryl methyl sites for hydroxylation is 1. The smallest absolute Gasteiger partial charge is 0.262 e. The number of carbonyl (C=O) groups excluding carboxylic acids is 3. The summed E-state index contributed by atoms with van der Waals surface area (Å²) in [7, 11) is 0. The highest BCUT2D eigenvalue weighted by atomic mass is 16.2. The molecule has 0 aliphatic carbocycles. The van der Waals surface area contributed by atoms with E-state index >= 15 is 0 Å². The van der Waals surface area contributed by atoms with Crippen LogP contribution < -0.4 is 5.32 Å². The van der Waals surface area contributed by atoms with Gasteiger partial charge in [-0.15, -0.1) is 0 Å². The van der Waals surface area contributed by atoms with Crippen molar-refractivity contribution in [2.75, 3.05) is 5.32 Å². The van der Waals surface area contributed by atoms with Crippen LogP contribution in [0.3, 0.4) is 0 Å². The van der Waals surface area contributed by atoms with Crippen LogP contribution in [-0.4, -0.2) is 28.7 Å². The molecule has 1 N–H and O–H groups in total. The lowest BCUT2D eigenvalue weighted by Gasteiger charge is -2.27. The molecular formula is C22H24N2O3. The van der Waals surface area contributed by atoms with E-state index in [4.69, 9.17) is 0 Å². The number of benzene rings is 2. The Kier molecular flexibility index (Phi) is 5.40. The first kappa shape index (κ1) is 18.8. The molecule has 140 valence electrons. The SMILES string of the molecule is CCc1ccccc1NC(=O)C(CC(C)C)N1C(=O)c2ccccc2C1=O. The molecule has 1 unspecified atom stereocenters. The summed E-state index contributed by atoms with van der Waals surface area (Å²) in [6, 6.07) is 13.4. The molecule has 2 aromatic carbocycles. The van der Waals surface area contributed by atoms with E-state index in [-0.39, 0.29) is 11.8 Å². The molecule has 1 aliphatic heterocycles. The predicted molar refractivity (Wildman–Crippen MR) is 105 cm³/mol. The van der Waals surface area contributed by atoms with Crippen molar-refractivity contribution in [3.8, 4) is 0 Å². The summed E-state index contributed by atoms with van der Waals surface area (Å²) in [5.41, 5.74) is 2.45. The van der Waals surface area contributed by atoms with Gasteiger partial charge in [-0.3, -0.25) is 19.3 Å². The van der Waals surface area contributed by atoms with Crippen LogP contribution in [0, 0.1) is 5.92 Å². The number of anilines is 1. The van der Waals surface area contributed by atoms with Crippen LogP contribution in [0.4, 0.5) is 5.69 Å². The van der Waals surface area contributed by atoms with Crippen molar-refractivity contribution in [1.82, 2.24) is 4.90 Å². The highest BCUT2D eigenvalue weighted by Gasteiger charge is 2.42. The van der Waals surface area contributed by atoms with Crippen molar-refractivity contribution in [3.63, 3.8) is 0 Å². The van der Waals surface area contributed by atoms with E-state index in [0.29, 0.717) is 17.5 Å². The first-order valence-electron chi connectivity index (χ1n) is 9.29. The average Bonchev–Trinajstić information content (AvgIpc) is 2.91. The Morgan fingerprint density at radius 1 is 0.963 bits per heavy atom. The third-order valence-corrected chi connectivity index (χ3v) is 4.79. The molecule has 27 heavy (non-hydrogen) atoms. The maximum Gasteiger partial charge on any atom is 0.262 e. The monoisotopic (exact) mass is 364 g/mol. The van der Waals surface area contributed by atoms with Crippen molar-refractivity contribution in [3.05, 3.63) is 65.2 Å². The van der Waals surface area contributed by atoms with Crippen molar-refractivity contribution >= 4 is 23.4 Å². The Bertz CT molecular complexity index is 854. The lowest BCUT2D eigenvalue weighted by Crippen LogP contribution is -2.48. The summed E-state index contributed by atoms with van der Waals surface area (Å²) in [5, 5.41) is 2.93. The molecule has 0 spiro atoms. The van der Waals surface area contributed by atoms with E-state index in [0.717, 1.165) is 22.6 Å². The van der Waals surface area contributed by atoms with Gasteiger partial charge in [0.25, 0.3) is 11.8 Å². The summed E-state index contributed by atoms with van der Waals surface area (Å²) in [6.45, 7) is 5.96. The first-order chi connectivity index (χ1) is 12.9. The third-order valence-electron chi connectivity index (χ3n) is 4.79. The summed E-state index contributed by atoms with van der Waals surface area (Å²) in [6.07, 6.45) is 1.18. The molecule has 3 rings (SSSR count). The molecular weight excluding hydrogens is 340 g/mol. The number of imide groups is 1. The van der Waals surface area contributed by atoms with Crippen LogP contribution in [0.2, 0.25) is 0 Å². The van der Waals surface area contributed by atoms with Crippen LogP contribution in [0.25, 0.3) is 0 Å². The van der Waals surface area contributed by atoms with Gasteiger partial charge in [-0.1, -0.05) is 51.1 Å². The van der Waals surface area contributed by atoms with Crippen molar-refractivity contribution in [1.29, 1.82) is 0 Å². The van der Waals surface area contributed by atoms with E-state index < -0.39 is 17.9 Å². The zero-order valence-electron chi connectivity index (χ0n) is 15.9. The van der Waals surface area contributed by atoms with Gasteiger partial charge in [0.15, 0.2) is 0 Å². The standard InChI is InChI=1S/C22H24N2O3/c1-4-15-9-5-8-12-18(15)23-20(25)19(13-14(2)3)24-21(26)16-10-6-7-11-17(16)22(24)27/h5-12,14,19H,4,13H2,1-3H3,(H,23,25). The number of hydrogen-bond acceptors (Lipinski definition) is 3. The predicted octanol–water partition coefficient (Wildman–Crippen LogP) is 3.90. The van der Waals surface area contributed by atoms with E-state index in [1.54, 1.807) is 24.3 Å². The quantitative estimate of drug-likeness (QED) is 0.791. The number of para-hydroxylation sites is 1. The van der Waals surface area contributed by atoms with Gasteiger partial charge in [-0.05, 0) is 42.5 Å². The Labute approximate surface area is 159 Å². The first-order valence-corrected chi connectivity index (χ1v) is 9.29. The second-order valence-electron chi connectivity index (χ2n) is 7.17. The van der Waals surface area contributed by atoms with E-state index in [9.17, 15) is 14.4 Å². The molecule has 0 saturated heterocycles. The molecule has 0 bridgehead atoms. The Hall–Kier alpha value is -2.95. The Balaban J connectivity index is 1.92. The average molecular weight is 364 g/mol. The van der Waals surface area contributed by atoms with Gasteiger partial charge >= 0.3 is 0 Å². The lowest BCUT2D eigenvalue weighted by molar-refractivity contribution is -0.120. The normalized spacial score (nSPS) is 14.4. The molecule has 5 nitrogen and oxygen atoms in total. The number of amides is 3. The summed E-state index contributed by atoms with van der Waals surface area (Å²) in [5.74, 6) is -0.994. The van der Waals surface area contributed by atoms with Gasteiger partial charge in [0, 0.05) is 5.69 Å². The molecule has 1 atom stereocenters. The van der Waals surface area contributed by atoms with Gasteiger partial charge in [0.2, 0.25) is 5.91 Å². The maximum absolute atomic E-state index is 13.1. The topological polar surface area (TPSA) is 66.5 Å². The van der Waals surface area contributed by atoms with E-state index in [2.05, 4.69) is 5.32 Å². The molecule has 1 aliphatic rings. The van der Waals surface area contributed by atoms with Crippen molar-refractivity contribution in [2.24, 2.45) is 5.92 Å². The molecule has 5 heteroatoms. The minimum Gasteiger partial charge on any atom is -0.324 e. The minimum absolute atomic E-state index is 0.145. The van der Waals surface area contributed by atoms with Gasteiger partial charge < -0.3 is 5.32 Å². The van der Waals surface area contributed by atoms with Gasteiger partial charge in [-0.2, -0.15) is 0 Å². The van der Waals surface area contributed by atoms with Crippen LogP contribution in [0.1, 0.15) is 53.5 Å². The summed E-state index contributed by atoms with van der Waals surface area (Å²) >= 11 is 0. The number of nitrogens with one attached hydrogen (secondary N) is 1. The summed E-state index contributed by atoms with van der Waals surface area (Å²) in [4.78, 5) is 39.9. The third kappa shape index (κ3) is 3.63. The molecule has 2 aromatic rings. The number of nitrogens with zero attached hydrogens (tertiary/aromatic N) is 1. The zero-order chi connectivity index (χ0) is 19.6. The molecule has 0 radical (unpaired) electrons. The van der Waals surface area contributed by atoms with Crippen LogP contribution in [-0.2, 0) is 11.2 Å². The lowest BCUT2D eigenvalue weighted by atomic mass is 10.0. The Morgan fingerprint density at radius 3 is 2.07 bits per heavy atom. The fourth-order valence-corrected chi connectivity index (χ4v) is 3.43. The van der Waals surface area contributed by atoms with Gasteiger partial charge in [0.1, 0.15) is 6.04 Å². The van der Waals surface area contributed by atoms with Crippen molar-refractivity contribution < 1.29 is 14.4 Å². The largest absolute Gasteiger partial charge is 0.324 e. The second kappa shape index (κ2) is 7.74. The second-order valence-corrected chi connectivity index (χ2v) is 7.17. The fourth-order valence-electron chi connectivity index (χ4n) is 3.43. The number of rotatable bonds is 6. The molecule has 0 fully saturated rings. The van der Waals surface area contributed by atoms with Crippen molar-refractivity contribution in [2.45, 2.75) is 39.7 Å². The van der Waals surface area contributed by atoms with Crippen LogP contribution in [0.15, 0.2) is 48.5 Å². The molecule has 0 saturated carbocycles. The van der Waals surface area contributed by atoms with Gasteiger partial charge in [-0.25, -0.2) is 0 Å². The molecule has 0 aromatic heterocycles. The summed E-state index contributed by atoms with van der Waals surface area (Å²) < 4.78 is 0.